The SMILES string of the molecule is Cc1ccnc(NC(=O)Nc2ccc(-c3ccn4ncnc(N)c34)cc2)c1. The number of urea groups is 1. The van der Waals surface area contributed by atoms with Crippen molar-refractivity contribution in [3.8, 4) is 11.1 Å². The predicted molar refractivity (Wildman–Crippen MR) is 104 cm³/mol. The molecule has 3 aromatic heterocycles. The maximum absolute atomic E-state index is 12.1. The summed E-state index contributed by atoms with van der Waals surface area (Å²) in [6, 6.07) is 12.7. The number of carbonyl (C=O) groups excluding carboxylic acids is 1. The Morgan fingerprint density at radius 1 is 1.07 bits per heavy atom. The van der Waals surface area contributed by atoms with Crippen molar-refractivity contribution in [2.75, 3.05) is 16.4 Å². The number of nitrogens with two attached hydrogens (primary N) is 1. The number of fused-ring (bicyclic) bond motifs is 1. The van der Waals surface area contributed by atoms with Crippen LogP contribution in [-0.2, 0) is 0 Å². The molecule has 8 nitrogen and oxygen atoms in total. The smallest absolute Gasteiger partial charge is 0.324 e. The summed E-state index contributed by atoms with van der Waals surface area (Å²) in [5.41, 5.74) is 10.3. The lowest BCUT2D eigenvalue weighted by Gasteiger charge is -2.08. The van der Waals surface area contributed by atoms with Crippen LogP contribution in [0.15, 0.2) is 61.2 Å². The molecule has 2 amide bonds. The van der Waals surface area contributed by atoms with Gasteiger partial charge in [-0.1, -0.05) is 12.1 Å². The molecule has 8 heteroatoms. The first-order chi connectivity index (χ1) is 13.1. The summed E-state index contributed by atoms with van der Waals surface area (Å²) in [7, 11) is 0. The molecule has 134 valence electrons. The van der Waals surface area contributed by atoms with E-state index >= 15 is 0 Å². The minimum Gasteiger partial charge on any atom is -0.382 e. The number of hydrogen-bond acceptors (Lipinski definition) is 5. The van der Waals surface area contributed by atoms with Crippen molar-refractivity contribution < 1.29 is 4.79 Å². The molecular weight excluding hydrogens is 342 g/mol. The zero-order valence-electron chi connectivity index (χ0n) is 14.5. The van der Waals surface area contributed by atoms with Crippen molar-refractivity contribution >= 4 is 28.9 Å². The molecule has 0 bridgehead atoms. The number of rotatable bonds is 3. The Kier molecular flexibility index (Phi) is 4.13. The standard InChI is InChI=1S/C19H17N7O/c1-12-6-8-21-16(10-12)25-19(27)24-14-4-2-13(3-5-14)15-7-9-26-17(15)18(20)22-11-23-26/h2-11H,1H3,(H2,20,22,23)(H2,21,24,25,27). The minimum absolute atomic E-state index is 0.354. The third kappa shape index (κ3) is 3.40. The third-order valence-corrected chi connectivity index (χ3v) is 4.09. The van der Waals surface area contributed by atoms with Crippen LogP contribution in [0.4, 0.5) is 22.1 Å². The normalized spacial score (nSPS) is 10.7. The minimum atomic E-state index is -0.354. The highest BCUT2D eigenvalue weighted by molar-refractivity contribution is 5.99. The van der Waals surface area contributed by atoms with E-state index in [1.807, 2.05) is 49.5 Å². The van der Waals surface area contributed by atoms with Crippen LogP contribution in [0.3, 0.4) is 0 Å². The van der Waals surface area contributed by atoms with Gasteiger partial charge in [-0.15, -0.1) is 0 Å². The molecule has 27 heavy (non-hydrogen) atoms. The molecule has 0 saturated carbocycles. The number of aryl methyl sites for hydroxylation is 1. The molecule has 0 aliphatic heterocycles. The molecule has 0 fully saturated rings. The Morgan fingerprint density at radius 2 is 1.89 bits per heavy atom. The van der Waals surface area contributed by atoms with Gasteiger partial charge < -0.3 is 11.1 Å². The molecule has 0 radical (unpaired) electrons. The number of aromatic nitrogens is 4. The van der Waals surface area contributed by atoms with Crippen molar-refractivity contribution in [1.29, 1.82) is 0 Å². The van der Waals surface area contributed by atoms with Crippen LogP contribution < -0.4 is 16.4 Å². The van der Waals surface area contributed by atoms with Gasteiger partial charge in [0.25, 0.3) is 0 Å². The van der Waals surface area contributed by atoms with Gasteiger partial charge in [0.2, 0.25) is 0 Å². The summed E-state index contributed by atoms with van der Waals surface area (Å²) >= 11 is 0. The van der Waals surface area contributed by atoms with Crippen LogP contribution in [-0.4, -0.2) is 25.6 Å². The van der Waals surface area contributed by atoms with Crippen molar-refractivity contribution in [3.63, 3.8) is 0 Å². The molecule has 0 atom stereocenters. The monoisotopic (exact) mass is 359 g/mol. The van der Waals surface area contributed by atoms with Gasteiger partial charge in [-0.25, -0.2) is 19.3 Å². The fraction of sp³-hybridized carbons (Fsp3) is 0.0526. The predicted octanol–water partition coefficient (Wildman–Crippen LogP) is 3.33. The van der Waals surface area contributed by atoms with Crippen LogP contribution in [0, 0.1) is 6.92 Å². The average molecular weight is 359 g/mol. The number of nitrogens with one attached hydrogen (secondary N) is 2. The molecule has 1 aromatic carbocycles. The van der Waals surface area contributed by atoms with Gasteiger partial charge >= 0.3 is 6.03 Å². The second-order valence-electron chi connectivity index (χ2n) is 6.04. The van der Waals surface area contributed by atoms with E-state index in [1.54, 1.807) is 16.8 Å². The second-order valence-corrected chi connectivity index (χ2v) is 6.04. The first-order valence-electron chi connectivity index (χ1n) is 8.29. The molecule has 0 saturated heterocycles. The number of carbonyl (C=O) groups is 1. The Balaban J connectivity index is 1.51. The summed E-state index contributed by atoms with van der Waals surface area (Å²) in [5.74, 6) is 0.914. The summed E-state index contributed by atoms with van der Waals surface area (Å²) in [6.07, 6.45) is 4.90. The molecule has 3 heterocycles. The summed E-state index contributed by atoms with van der Waals surface area (Å²) in [6.45, 7) is 1.94. The summed E-state index contributed by atoms with van der Waals surface area (Å²) in [5, 5.41) is 9.64. The van der Waals surface area contributed by atoms with Gasteiger partial charge in [-0.2, -0.15) is 5.10 Å². The molecule has 0 unspecified atom stereocenters. The van der Waals surface area contributed by atoms with E-state index in [2.05, 4.69) is 25.7 Å². The average Bonchev–Trinajstić information content (AvgIpc) is 3.08. The third-order valence-electron chi connectivity index (χ3n) is 4.09. The molecule has 4 rings (SSSR count). The maximum atomic E-state index is 12.1. The Hall–Kier alpha value is -3.94. The van der Waals surface area contributed by atoms with E-state index in [0.29, 0.717) is 17.3 Å². The summed E-state index contributed by atoms with van der Waals surface area (Å²) < 4.78 is 1.69. The van der Waals surface area contributed by atoms with E-state index in [1.165, 1.54) is 6.33 Å². The lowest BCUT2D eigenvalue weighted by Crippen LogP contribution is -2.20. The number of hydrogen-bond donors (Lipinski definition) is 3. The van der Waals surface area contributed by atoms with Gasteiger partial charge in [0, 0.05) is 23.6 Å². The molecule has 0 spiro atoms. The van der Waals surface area contributed by atoms with Crippen LogP contribution in [0.25, 0.3) is 16.6 Å². The number of nitrogen functional groups attached to an aromatic ring is 1. The molecule has 0 aliphatic carbocycles. The van der Waals surface area contributed by atoms with Gasteiger partial charge in [0.15, 0.2) is 5.82 Å². The number of pyridine rings is 1. The first kappa shape index (κ1) is 16.5. The lowest BCUT2D eigenvalue weighted by atomic mass is 10.1. The van der Waals surface area contributed by atoms with E-state index in [0.717, 1.165) is 22.2 Å². The highest BCUT2D eigenvalue weighted by Gasteiger charge is 2.10. The van der Waals surface area contributed by atoms with Crippen LogP contribution >= 0.6 is 0 Å². The fourth-order valence-electron chi connectivity index (χ4n) is 2.83. The van der Waals surface area contributed by atoms with E-state index < -0.39 is 0 Å². The quantitative estimate of drug-likeness (QED) is 0.520. The van der Waals surface area contributed by atoms with Crippen molar-refractivity contribution in [2.24, 2.45) is 0 Å². The largest absolute Gasteiger partial charge is 0.382 e. The first-order valence-corrected chi connectivity index (χ1v) is 8.29. The molecule has 0 aliphatic rings. The zero-order chi connectivity index (χ0) is 18.8. The maximum Gasteiger partial charge on any atom is 0.324 e. The number of amides is 2. The van der Waals surface area contributed by atoms with E-state index in [-0.39, 0.29) is 6.03 Å². The zero-order valence-corrected chi connectivity index (χ0v) is 14.5. The number of nitrogens with zero attached hydrogens (tertiary/aromatic N) is 4. The van der Waals surface area contributed by atoms with Crippen molar-refractivity contribution in [2.45, 2.75) is 6.92 Å². The van der Waals surface area contributed by atoms with E-state index in [9.17, 15) is 4.79 Å². The Morgan fingerprint density at radius 3 is 2.67 bits per heavy atom. The van der Waals surface area contributed by atoms with Crippen molar-refractivity contribution in [3.05, 3.63) is 66.7 Å². The molecule has 4 N–H and O–H groups in total. The van der Waals surface area contributed by atoms with Gasteiger partial charge in [-0.05, 0) is 48.4 Å². The van der Waals surface area contributed by atoms with Crippen molar-refractivity contribution in [1.82, 2.24) is 19.6 Å². The Labute approximate surface area is 155 Å². The lowest BCUT2D eigenvalue weighted by molar-refractivity contribution is 0.262. The van der Waals surface area contributed by atoms with Crippen LogP contribution in [0.1, 0.15) is 5.56 Å². The van der Waals surface area contributed by atoms with Gasteiger partial charge in [-0.3, -0.25) is 5.32 Å². The Bertz CT molecular complexity index is 1120. The van der Waals surface area contributed by atoms with E-state index in [4.69, 9.17) is 5.73 Å². The molecule has 4 aromatic rings. The highest BCUT2D eigenvalue weighted by Crippen LogP contribution is 2.28. The number of anilines is 3. The molecular formula is C19H17N7O. The van der Waals surface area contributed by atoms with Crippen LogP contribution in [0.2, 0.25) is 0 Å². The second kappa shape index (κ2) is 6.75. The topological polar surface area (TPSA) is 110 Å². The fourth-order valence-corrected chi connectivity index (χ4v) is 2.83. The van der Waals surface area contributed by atoms with Gasteiger partial charge in [0.05, 0.1) is 0 Å². The number of benzene rings is 1. The van der Waals surface area contributed by atoms with Gasteiger partial charge in [0.1, 0.15) is 17.7 Å². The highest BCUT2D eigenvalue weighted by atomic mass is 16.2. The summed E-state index contributed by atoms with van der Waals surface area (Å²) in [4.78, 5) is 20.3. The van der Waals surface area contributed by atoms with Crippen LogP contribution in [0.5, 0.6) is 0 Å².